The van der Waals surface area contributed by atoms with Crippen molar-refractivity contribution in [2.45, 2.75) is 51.6 Å². The Balaban J connectivity index is 1.58. The first-order valence-electron chi connectivity index (χ1n) is 11.2. The minimum absolute atomic E-state index is 0.0802. The summed E-state index contributed by atoms with van der Waals surface area (Å²) in [6, 6.07) is 4.20. The molecule has 0 amide bonds. The summed E-state index contributed by atoms with van der Waals surface area (Å²) < 4.78 is 72.4. The molecule has 34 heavy (non-hydrogen) atoms. The lowest BCUT2D eigenvalue weighted by atomic mass is 9.88. The van der Waals surface area contributed by atoms with Gasteiger partial charge in [-0.1, -0.05) is 13.3 Å². The van der Waals surface area contributed by atoms with Crippen LogP contribution in [0.25, 0.3) is 0 Å². The largest absolute Gasteiger partial charge is 0.493 e. The van der Waals surface area contributed by atoms with Crippen LogP contribution >= 0.6 is 0 Å². The molecule has 182 valence electrons. The molecule has 0 spiro atoms. The fourth-order valence-corrected chi connectivity index (χ4v) is 3.78. The number of ether oxygens (including phenoxy) is 3. The molecule has 0 radical (unpaired) electrons. The van der Waals surface area contributed by atoms with Crippen molar-refractivity contribution in [3.63, 3.8) is 0 Å². The third-order valence-electron chi connectivity index (χ3n) is 5.69. The maximum absolute atomic E-state index is 14.5. The van der Waals surface area contributed by atoms with Gasteiger partial charge in [0.15, 0.2) is 0 Å². The molecule has 1 aliphatic carbocycles. The molecule has 1 aliphatic rings. The van der Waals surface area contributed by atoms with Crippen molar-refractivity contribution in [3.8, 4) is 17.6 Å². The van der Waals surface area contributed by atoms with Crippen LogP contribution in [0.1, 0.15) is 61.4 Å². The third-order valence-corrected chi connectivity index (χ3v) is 5.69. The van der Waals surface area contributed by atoms with Crippen molar-refractivity contribution in [3.05, 3.63) is 58.7 Å². The monoisotopic (exact) mass is 479 g/mol. The van der Waals surface area contributed by atoms with Crippen LogP contribution in [-0.2, 0) is 4.74 Å². The molecule has 5 nitrogen and oxygen atoms in total. The Bertz CT molecular complexity index is 1020. The Morgan fingerprint density at radius 2 is 1.56 bits per heavy atom. The highest BCUT2D eigenvalue weighted by Gasteiger charge is 2.25. The summed E-state index contributed by atoms with van der Waals surface area (Å²) in [6.45, 7) is 3.13. The van der Waals surface area contributed by atoms with Gasteiger partial charge in [0.1, 0.15) is 52.0 Å². The lowest BCUT2D eigenvalue weighted by Gasteiger charge is -2.28. The summed E-state index contributed by atoms with van der Waals surface area (Å²) in [6.07, 6.45) is 5.92. The van der Waals surface area contributed by atoms with Crippen LogP contribution in [-0.4, -0.2) is 25.3 Å². The van der Waals surface area contributed by atoms with Gasteiger partial charge in [-0.2, -0.15) is 5.26 Å². The van der Waals surface area contributed by atoms with E-state index in [0.29, 0.717) is 12.1 Å². The molecule has 2 aromatic rings. The molecule has 0 heterocycles. The number of benzene rings is 2. The molecule has 0 bridgehead atoms. The van der Waals surface area contributed by atoms with E-state index < -0.39 is 46.1 Å². The predicted octanol–water partition coefficient (Wildman–Crippen LogP) is 6.09. The number of carbonyl (C=O) groups is 1. The van der Waals surface area contributed by atoms with Crippen LogP contribution in [0.3, 0.4) is 0 Å². The molecule has 1 fully saturated rings. The molecule has 0 atom stereocenters. The van der Waals surface area contributed by atoms with Crippen LogP contribution in [0.2, 0.25) is 0 Å². The number of nitriles is 1. The fourth-order valence-electron chi connectivity index (χ4n) is 3.78. The van der Waals surface area contributed by atoms with Crippen LogP contribution in [0.15, 0.2) is 24.3 Å². The second-order valence-corrected chi connectivity index (χ2v) is 8.20. The smallest absolute Gasteiger partial charge is 0.349 e. The summed E-state index contributed by atoms with van der Waals surface area (Å²) in [4.78, 5) is 12.2. The van der Waals surface area contributed by atoms with E-state index in [4.69, 9.17) is 19.5 Å². The van der Waals surface area contributed by atoms with Crippen LogP contribution in [0, 0.1) is 40.5 Å². The van der Waals surface area contributed by atoms with Gasteiger partial charge in [0.2, 0.25) is 0 Å². The van der Waals surface area contributed by atoms with Crippen LogP contribution in [0.4, 0.5) is 17.6 Å². The highest BCUT2D eigenvalue weighted by Crippen LogP contribution is 2.29. The van der Waals surface area contributed by atoms with Gasteiger partial charge in [-0.05, 0) is 38.0 Å². The fraction of sp³-hybridized carbons (Fsp3) is 0.440. The highest BCUT2D eigenvalue weighted by atomic mass is 19.1. The first-order chi connectivity index (χ1) is 16.3. The number of halogens is 4. The van der Waals surface area contributed by atoms with E-state index >= 15 is 0 Å². The number of esters is 1. The first kappa shape index (κ1) is 25.5. The van der Waals surface area contributed by atoms with E-state index in [2.05, 4.69) is 6.92 Å². The topological polar surface area (TPSA) is 68.6 Å². The Labute approximate surface area is 195 Å². The number of carbonyl (C=O) groups excluding carboxylic acids is 1. The third kappa shape index (κ3) is 6.48. The normalized spacial score (nSPS) is 17.8. The zero-order chi connectivity index (χ0) is 24.7. The summed E-state index contributed by atoms with van der Waals surface area (Å²) in [7, 11) is 0. The number of nitrogens with zero attached hydrogens (tertiary/aromatic N) is 1. The van der Waals surface area contributed by atoms with Crippen molar-refractivity contribution < 1.29 is 36.6 Å². The minimum Gasteiger partial charge on any atom is -0.493 e. The van der Waals surface area contributed by atoms with Gasteiger partial charge in [-0.15, -0.1) is 0 Å². The molecular formula is C25H25F4NO4. The highest BCUT2D eigenvalue weighted by molar-refractivity contribution is 5.91. The van der Waals surface area contributed by atoms with Crippen molar-refractivity contribution in [1.29, 1.82) is 5.26 Å². The van der Waals surface area contributed by atoms with Gasteiger partial charge in [-0.3, -0.25) is 0 Å². The molecule has 3 rings (SSSR count). The van der Waals surface area contributed by atoms with E-state index in [1.807, 2.05) is 0 Å². The van der Waals surface area contributed by atoms with Crippen molar-refractivity contribution in [1.82, 2.24) is 0 Å². The van der Waals surface area contributed by atoms with E-state index in [1.54, 1.807) is 0 Å². The van der Waals surface area contributed by atoms with E-state index in [-0.39, 0.29) is 24.4 Å². The lowest BCUT2D eigenvalue weighted by molar-refractivity contribution is 0.0116. The quantitative estimate of drug-likeness (QED) is 0.189. The summed E-state index contributed by atoms with van der Waals surface area (Å²) in [5.41, 5.74) is -1.89. The molecular weight excluding hydrogens is 454 g/mol. The standard InChI is InChI=1S/C25H25F4NO4/c1-2-3-8-32-16-6-4-15(5-7-16)14-33-17-9-22(28)24(23(29)10-17)25(31)34-18-11-20(26)19(13-30)21(27)12-18/h9-12,15-16H,2-8,14H2,1H3. The maximum Gasteiger partial charge on any atom is 0.349 e. The second kappa shape index (κ2) is 11.8. The Morgan fingerprint density at radius 3 is 2.12 bits per heavy atom. The Morgan fingerprint density at radius 1 is 0.971 bits per heavy atom. The van der Waals surface area contributed by atoms with Gasteiger partial charge >= 0.3 is 5.97 Å². The number of hydrogen-bond acceptors (Lipinski definition) is 5. The van der Waals surface area contributed by atoms with Crippen molar-refractivity contribution >= 4 is 5.97 Å². The van der Waals surface area contributed by atoms with E-state index in [9.17, 15) is 22.4 Å². The lowest BCUT2D eigenvalue weighted by Crippen LogP contribution is -2.25. The second-order valence-electron chi connectivity index (χ2n) is 8.20. The van der Waals surface area contributed by atoms with Gasteiger partial charge < -0.3 is 14.2 Å². The molecule has 0 aliphatic heterocycles. The molecule has 1 saturated carbocycles. The Kier molecular flexibility index (Phi) is 8.88. The molecule has 0 unspecified atom stereocenters. The summed E-state index contributed by atoms with van der Waals surface area (Å²) in [5.74, 6) is -6.97. The summed E-state index contributed by atoms with van der Waals surface area (Å²) >= 11 is 0. The SMILES string of the molecule is CCCCOC1CCC(COc2cc(F)c(C(=O)Oc3cc(F)c(C#N)c(F)c3)c(F)c2)CC1. The van der Waals surface area contributed by atoms with Crippen LogP contribution in [0.5, 0.6) is 11.5 Å². The molecule has 0 aromatic heterocycles. The number of rotatable bonds is 9. The van der Waals surface area contributed by atoms with Gasteiger partial charge in [0.05, 0.1) is 12.7 Å². The number of unbranched alkanes of at least 4 members (excludes halogenated alkanes) is 1. The maximum atomic E-state index is 14.5. The molecule has 9 heteroatoms. The summed E-state index contributed by atoms with van der Waals surface area (Å²) in [5, 5.41) is 8.67. The van der Waals surface area contributed by atoms with Gasteiger partial charge in [0, 0.05) is 30.9 Å². The van der Waals surface area contributed by atoms with E-state index in [0.717, 1.165) is 57.3 Å². The molecule has 2 aromatic carbocycles. The molecule has 0 N–H and O–H groups in total. The van der Waals surface area contributed by atoms with Gasteiger partial charge in [-0.25, -0.2) is 22.4 Å². The van der Waals surface area contributed by atoms with Crippen molar-refractivity contribution in [2.75, 3.05) is 13.2 Å². The Hall–Kier alpha value is -3.12. The molecule has 0 saturated heterocycles. The average Bonchev–Trinajstić information content (AvgIpc) is 2.78. The minimum atomic E-state index is -1.48. The van der Waals surface area contributed by atoms with Crippen LogP contribution < -0.4 is 9.47 Å². The first-order valence-corrected chi connectivity index (χ1v) is 11.2. The zero-order valence-electron chi connectivity index (χ0n) is 18.7. The van der Waals surface area contributed by atoms with E-state index in [1.165, 1.54) is 6.07 Å². The number of hydrogen-bond donors (Lipinski definition) is 0. The average molecular weight is 479 g/mol. The van der Waals surface area contributed by atoms with Crippen molar-refractivity contribution in [2.24, 2.45) is 5.92 Å². The zero-order valence-corrected chi connectivity index (χ0v) is 18.7. The predicted molar refractivity (Wildman–Crippen MR) is 114 cm³/mol. The van der Waals surface area contributed by atoms with Gasteiger partial charge in [0.25, 0.3) is 0 Å².